The summed E-state index contributed by atoms with van der Waals surface area (Å²) < 4.78 is 12.7. The van der Waals surface area contributed by atoms with Crippen molar-refractivity contribution in [3.63, 3.8) is 0 Å². The van der Waals surface area contributed by atoms with Crippen molar-refractivity contribution in [2.75, 3.05) is 19.8 Å². The van der Waals surface area contributed by atoms with Crippen LogP contribution >= 0.6 is 0 Å². The molecule has 1 aromatic rings. The van der Waals surface area contributed by atoms with E-state index in [1.807, 2.05) is 57.2 Å². The van der Waals surface area contributed by atoms with E-state index in [0.29, 0.717) is 38.6 Å². The molecular weight excluding hydrogens is 532 g/mol. The minimum absolute atomic E-state index is 0.0703. The van der Waals surface area contributed by atoms with Gasteiger partial charge in [-0.1, -0.05) is 69.7 Å². The van der Waals surface area contributed by atoms with Crippen molar-refractivity contribution in [3.8, 4) is 0 Å². The normalized spacial score (nSPS) is 29.2. The molecule has 0 aliphatic carbocycles. The van der Waals surface area contributed by atoms with Gasteiger partial charge in [0.2, 0.25) is 11.8 Å². The van der Waals surface area contributed by atoms with Gasteiger partial charge in [-0.25, -0.2) is 0 Å². The number of aliphatic hydroxyl groups excluding tert-OH is 1. The molecule has 1 N–H and O–H groups in total. The Bertz CT molecular complexity index is 1140. The van der Waals surface area contributed by atoms with Gasteiger partial charge < -0.3 is 24.4 Å². The quantitative estimate of drug-likeness (QED) is 0.174. The molecule has 8 nitrogen and oxygen atoms in total. The number of nitrogens with zero attached hydrogens (tertiary/aromatic N) is 2. The van der Waals surface area contributed by atoms with Crippen LogP contribution in [0.5, 0.6) is 0 Å². The minimum Gasteiger partial charge on any atom is -0.465 e. The molecule has 3 fully saturated rings. The Balaban J connectivity index is 1.75. The molecule has 230 valence electrons. The van der Waals surface area contributed by atoms with Crippen LogP contribution in [0, 0.1) is 17.8 Å². The van der Waals surface area contributed by atoms with E-state index in [-0.39, 0.29) is 37.5 Å². The molecule has 0 radical (unpaired) electrons. The predicted octanol–water partition coefficient (Wildman–Crippen LogP) is 4.66. The minimum atomic E-state index is -1.17. The molecule has 4 rings (SSSR count). The van der Waals surface area contributed by atoms with Crippen molar-refractivity contribution >= 4 is 17.8 Å². The van der Waals surface area contributed by atoms with Crippen LogP contribution < -0.4 is 0 Å². The van der Waals surface area contributed by atoms with E-state index in [0.717, 1.165) is 18.4 Å². The number of hydrogen-bond donors (Lipinski definition) is 1. The standard InChI is InChI=1S/C34H48N2O6/c1-6-10-11-15-21-41-32(40)28-27-30(38)36(26(23-37)24(5)8-3)29(34(27)19-18-33(28,9-4)42-34)31(39)35(20-7-2)22-25-16-13-12-14-17-25/h6-7,12-14,16-17,24,26-29,37H,1-2,8-11,15,18-23H2,3-5H3/t24-,26-,27-,28-,29?,33+,34?/m0/s1. The summed E-state index contributed by atoms with van der Waals surface area (Å²) >= 11 is 0. The first-order chi connectivity index (χ1) is 20.2. The second-order valence-electron chi connectivity index (χ2n) is 12.2. The van der Waals surface area contributed by atoms with E-state index in [9.17, 15) is 19.5 Å². The molecule has 7 atom stereocenters. The van der Waals surface area contributed by atoms with Crippen LogP contribution in [0.15, 0.2) is 55.6 Å². The van der Waals surface area contributed by atoms with E-state index >= 15 is 0 Å². The van der Waals surface area contributed by atoms with Crippen LogP contribution in [-0.4, -0.2) is 75.7 Å². The molecule has 3 aliphatic rings. The largest absolute Gasteiger partial charge is 0.465 e. The number of carbonyl (C=O) groups excluding carboxylic acids is 3. The summed E-state index contributed by atoms with van der Waals surface area (Å²) in [4.78, 5) is 46.3. The van der Waals surface area contributed by atoms with Crippen molar-refractivity contribution in [3.05, 3.63) is 61.2 Å². The van der Waals surface area contributed by atoms with Crippen molar-refractivity contribution in [1.82, 2.24) is 9.80 Å². The number of esters is 1. The van der Waals surface area contributed by atoms with Crippen LogP contribution in [-0.2, 0) is 30.4 Å². The average molecular weight is 581 g/mol. The average Bonchev–Trinajstić information content (AvgIpc) is 3.61. The highest BCUT2D eigenvalue weighted by Gasteiger charge is 2.79. The Labute approximate surface area is 250 Å². The number of hydrogen-bond acceptors (Lipinski definition) is 6. The number of fused-ring (bicyclic) bond motifs is 1. The van der Waals surface area contributed by atoms with Gasteiger partial charge >= 0.3 is 5.97 Å². The van der Waals surface area contributed by atoms with Gasteiger partial charge in [-0.2, -0.15) is 0 Å². The van der Waals surface area contributed by atoms with Crippen LogP contribution in [0.4, 0.5) is 0 Å². The zero-order valence-corrected chi connectivity index (χ0v) is 25.5. The molecule has 1 spiro atoms. The van der Waals surface area contributed by atoms with Gasteiger partial charge in [0.25, 0.3) is 0 Å². The smallest absolute Gasteiger partial charge is 0.312 e. The number of allylic oxidation sites excluding steroid dienone is 1. The van der Waals surface area contributed by atoms with Gasteiger partial charge in [-0.3, -0.25) is 14.4 Å². The molecule has 0 aromatic heterocycles. The summed E-state index contributed by atoms with van der Waals surface area (Å²) in [7, 11) is 0. The molecule has 3 aliphatic heterocycles. The number of rotatable bonds is 16. The Kier molecular flexibility index (Phi) is 10.3. The zero-order valence-electron chi connectivity index (χ0n) is 25.5. The van der Waals surface area contributed by atoms with Crippen molar-refractivity contribution in [2.45, 2.75) is 95.5 Å². The summed E-state index contributed by atoms with van der Waals surface area (Å²) in [6.45, 7) is 14.2. The topological polar surface area (TPSA) is 96.4 Å². The number of unbranched alkanes of at least 4 members (excludes halogenated alkanes) is 2. The third-order valence-corrected chi connectivity index (χ3v) is 9.88. The highest BCUT2D eigenvalue weighted by molar-refractivity contribution is 5.98. The predicted molar refractivity (Wildman–Crippen MR) is 161 cm³/mol. The van der Waals surface area contributed by atoms with Gasteiger partial charge in [0.15, 0.2) is 0 Å². The van der Waals surface area contributed by atoms with Gasteiger partial charge in [-0.15, -0.1) is 13.2 Å². The number of aliphatic hydroxyl groups is 1. The van der Waals surface area contributed by atoms with E-state index in [4.69, 9.17) is 9.47 Å². The van der Waals surface area contributed by atoms with Gasteiger partial charge in [-0.05, 0) is 50.0 Å². The van der Waals surface area contributed by atoms with Gasteiger partial charge in [0.1, 0.15) is 17.6 Å². The fourth-order valence-corrected chi connectivity index (χ4v) is 7.48. The maximum absolute atomic E-state index is 14.7. The van der Waals surface area contributed by atoms with Crippen LogP contribution in [0.1, 0.15) is 71.3 Å². The first-order valence-corrected chi connectivity index (χ1v) is 15.6. The maximum atomic E-state index is 14.7. The molecule has 3 heterocycles. The third kappa shape index (κ3) is 5.55. The van der Waals surface area contributed by atoms with Crippen LogP contribution in [0.3, 0.4) is 0 Å². The molecule has 2 unspecified atom stereocenters. The Morgan fingerprint density at radius 3 is 2.55 bits per heavy atom. The summed E-state index contributed by atoms with van der Waals surface area (Å²) in [6, 6.07) is 8.15. The number of likely N-dealkylation sites (tertiary alicyclic amines) is 1. The lowest BCUT2D eigenvalue weighted by Gasteiger charge is -2.41. The van der Waals surface area contributed by atoms with Crippen LogP contribution in [0.25, 0.3) is 0 Å². The van der Waals surface area contributed by atoms with Crippen molar-refractivity contribution in [2.24, 2.45) is 17.8 Å². The second kappa shape index (κ2) is 13.6. The lowest BCUT2D eigenvalue weighted by atomic mass is 9.65. The van der Waals surface area contributed by atoms with Crippen LogP contribution in [0.2, 0.25) is 0 Å². The van der Waals surface area contributed by atoms with Gasteiger partial charge in [0.05, 0.1) is 30.8 Å². The molecule has 2 bridgehead atoms. The fraction of sp³-hybridized carbons (Fsp3) is 0.618. The molecule has 0 saturated carbocycles. The van der Waals surface area contributed by atoms with E-state index in [1.165, 1.54) is 0 Å². The van der Waals surface area contributed by atoms with Crippen molar-refractivity contribution < 1.29 is 29.0 Å². The second-order valence-corrected chi connectivity index (χ2v) is 12.2. The molecule has 3 saturated heterocycles. The summed E-state index contributed by atoms with van der Waals surface area (Å²) in [5.74, 6) is -2.70. The lowest BCUT2D eigenvalue weighted by molar-refractivity contribution is -0.164. The molecule has 42 heavy (non-hydrogen) atoms. The first-order valence-electron chi connectivity index (χ1n) is 15.6. The fourth-order valence-electron chi connectivity index (χ4n) is 7.48. The Morgan fingerprint density at radius 2 is 1.93 bits per heavy atom. The summed E-state index contributed by atoms with van der Waals surface area (Å²) in [6.07, 6.45) is 8.23. The first kappa shape index (κ1) is 32.0. The number of ether oxygens (including phenoxy) is 2. The van der Waals surface area contributed by atoms with E-state index in [2.05, 4.69) is 13.2 Å². The van der Waals surface area contributed by atoms with E-state index < -0.39 is 41.1 Å². The maximum Gasteiger partial charge on any atom is 0.312 e. The monoisotopic (exact) mass is 580 g/mol. The SMILES string of the molecule is C=CCCCCOC(=O)[C@@H]1[C@H]2C(=O)N([C@@H](CO)[C@@H](C)CC)C(C(=O)N(CC=C)Cc3ccccc3)C23CC[C@@]1(CC)O3. The number of benzene rings is 1. The molecule has 2 amide bonds. The van der Waals surface area contributed by atoms with E-state index in [1.54, 1.807) is 15.9 Å². The van der Waals surface area contributed by atoms with Gasteiger partial charge in [0, 0.05) is 13.1 Å². The highest BCUT2D eigenvalue weighted by atomic mass is 16.6. The number of amides is 2. The Hall–Kier alpha value is -2.97. The third-order valence-electron chi connectivity index (χ3n) is 9.88. The Morgan fingerprint density at radius 1 is 1.19 bits per heavy atom. The highest BCUT2D eigenvalue weighted by Crippen LogP contribution is 2.65. The summed E-state index contributed by atoms with van der Waals surface area (Å²) in [5, 5.41) is 10.6. The zero-order chi connectivity index (χ0) is 30.5. The summed E-state index contributed by atoms with van der Waals surface area (Å²) in [5.41, 5.74) is -1.08. The van der Waals surface area contributed by atoms with Crippen molar-refractivity contribution in [1.29, 1.82) is 0 Å². The molecular formula is C34H48N2O6. The molecule has 1 aromatic carbocycles. The number of carbonyl (C=O) groups is 3. The molecule has 8 heteroatoms. The lowest BCUT2D eigenvalue weighted by Crippen LogP contribution is -2.59.